The molecule has 0 fully saturated rings. The van der Waals surface area contributed by atoms with Crippen LogP contribution < -0.4 is 14.8 Å². The van der Waals surface area contributed by atoms with Crippen LogP contribution >= 0.6 is 0 Å². The predicted molar refractivity (Wildman–Crippen MR) is 84.7 cm³/mol. The van der Waals surface area contributed by atoms with Crippen LogP contribution in [0.2, 0.25) is 0 Å². The van der Waals surface area contributed by atoms with Gasteiger partial charge in [-0.25, -0.2) is 9.59 Å². The molecule has 1 atom stereocenters. The van der Waals surface area contributed by atoms with Gasteiger partial charge in [-0.05, 0) is 30.3 Å². The standard InChI is InChI=1S/C17H15NO6/c1-22-12-7-6-11-13(14(12)23-2)17(21)24-15(11)18-10-5-3-4-9(8-10)16(19)20/h3-8,15,18H,1-2H3,(H,19,20)/t15-/m0/s1. The van der Waals surface area contributed by atoms with E-state index in [2.05, 4.69) is 5.32 Å². The van der Waals surface area contributed by atoms with Crippen molar-refractivity contribution >= 4 is 17.6 Å². The Morgan fingerprint density at radius 2 is 2.00 bits per heavy atom. The van der Waals surface area contributed by atoms with Gasteiger partial charge in [-0.2, -0.15) is 0 Å². The number of aromatic carboxylic acids is 1. The van der Waals surface area contributed by atoms with Crippen molar-refractivity contribution in [3.63, 3.8) is 0 Å². The topological polar surface area (TPSA) is 94.1 Å². The summed E-state index contributed by atoms with van der Waals surface area (Å²) in [7, 11) is 2.93. The van der Waals surface area contributed by atoms with Gasteiger partial charge in [0.05, 0.1) is 19.8 Å². The van der Waals surface area contributed by atoms with Gasteiger partial charge in [0.15, 0.2) is 11.5 Å². The maximum absolute atomic E-state index is 12.2. The summed E-state index contributed by atoms with van der Waals surface area (Å²) in [5.41, 5.74) is 1.55. The summed E-state index contributed by atoms with van der Waals surface area (Å²) in [6, 6.07) is 9.64. The maximum Gasteiger partial charge on any atom is 0.344 e. The smallest absolute Gasteiger partial charge is 0.344 e. The van der Waals surface area contributed by atoms with Gasteiger partial charge < -0.3 is 24.6 Å². The van der Waals surface area contributed by atoms with Crippen molar-refractivity contribution in [2.24, 2.45) is 0 Å². The lowest BCUT2D eigenvalue weighted by molar-refractivity contribution is 0.0434. The number of methoxy groups -OCH3 is 2. The minimum absolute atomic E-state index is 0.136. The second-order valence-electron chi connectivity index (χ2n) is 5.08. The number of anilines is 1. The van der Waals surface area contributed by atoms with Gasteiger partial charge in [-0.15, -0.1) is 0 Å². The lowest BCUT2D eigenvalue weighted by Crippen LogP contribution is -2.10. The van der Waals surface area contributed by atoms with Gasteiger partial charge in [0.25, 0.3) is 0 Å². The van der Waals surface area contributed by atoms with E-state index in [0.29, 0.717) is 28.3 Å². The highest BCUT2D eigenvalue weighted by atomic mass is 16.6. The number of carboxylic acids is 1. The first-order chi connectivity index (χ1) is 11.5. The van der Waals surface area contributed by atoms with E-state index in [1.165, 1.54) is 26.4 Å². The van der Waals surface area contributed by atoms with Crippen LogP contribution in [0.15, 0.2) is 36.4 Å². The first-order valence-electron chi connectivity index (χ1n) is 7.11. The average molecular weight is 329 g/mol. The summed E-state index contributed by atoms with van der Waals surface area (Å²) in [6.07, 6.45) is -0.739. The minimum Gasteiger partial charge on any atom is -0.493 e. The molecule has 2 aromatic rings. The molecule has 0 spiro atoms. The molecule has 7 heteroatoms. The minimum atomic E-state index is -1.03. The Morgan fingerprint density at radius 1 is 1.21 bits per heavy atom. The van der Waals surface area contributed by atoms with E-state index >= 15 is 0 Å². The molecule has 2 N–H and O–H groups in total. The van der Waals surface area contributed by atoms with Crippen LogP contribution in [0.1, 0.15) is 32.5 Å². The summed E-state index contributed by atoms with van der Waals surface area (Å²) in [5, 5.41) is 12.1. The number of benzene rings is 2. The normalized spacial score (nSPS) is 15.4. The molecule has 24 heavy (non-hydrogen) atoms. The van der Waals surface area contributed by atoms with Gasteiger partial charge in [-0.3, -0.25) is 0 Å². The second-order valence-corrected chi connectivity index (χ2v) is 5.08. The highest BCUT2D eigenvalue weighted by molar-refractivity contribution is 5.98. The summed E-state index contributed by atoms with van der Waals surface area (Å²) in [4.78, 5) is 23.2. The fraction of sp³-hybridized carbons (Fsp3) is 0.176. The van der Waals surface area contributed by atoms with Gasteiger partial charge in [-0.1, -0.05) is 6.07 Å². The van der Waals surface area contributed by atoms with Crippen LogP contribution in [-0.2, 0) is 4.74 Å². The van der Waals surface area contributed by atoms with Gasteiger partial charge >= 0.3 is 11.9 Å². The fourth-order valence-corrected chi connectivity index (χ4v) is 2.60. The Morgan fingerprint density at radius 3 is 2.67 bits per heavy atom. The Kier molecular flexibility index (Phi) is 3.99. The molecule has 1 aliphatic rings. The number of ether oxygens (including phenoxy) is 3. The Labute approximate surface area is 137 Å². The molecule has 124 valence electrons. The van der Waals surface area contributed by atoms with Crippen molar-refractivity contribution < 1.29 is 28.9 Å². The molecule has 7 nitrogen and oxygen atoms in total. The molecule has 1 heterocycles. The highest BCUT2D eigenvalue weighted by Crippen LogP contribution is 2.42. The monoisotopic (exact) mass is 329 g/mol. The third-order valence-electron chi connectivity index (χ3n) is 3.70. The van der Waals surface area contributed by atoms with Crippen molar-refractivity contribution in [1.82, 2.24) is 0 Å². The number of rotatable bonds is 5. The summed E-state index contributed by atoms with van der Waals surface area (Å²) < 4.78 is 15.8. The zero-order valence-electron chi connectivity index (χ0n) is 13.0. The quantitative estimate of drug-likeness (QED) is 0.814. The van der Waals surface area contributed by atoms with Crippen LogP contribution in [0.5, 0.6) is 11.5 Å². The number of fused-ring (bicyclic) bond motifs is 1. The third kappa shape index (κ3) is 2.60. The van der Waals surface area contributed by atoms with E-state index in [1.54, 1.807) is 24.3 Å². The number of carbonyl (C=O) groups is 2. The summed E-state index contributed by atoms with van der Waals surface area (Å²) >= 11 is 0. The van der Waals surface area contributed by atoms with Gasteiger partial charge in [0.1, 0.15) is 5.56 Å². The van der Waals surface area contributed by atoms with Crippen LogP contribution in [0.25, 0.3) is 0 Å². The molecule has 1 aliphatic heterocycles. The first-order valence-corrected chi connectivity index (χ1v) is 7.11. The maximum atomic E-state index is 12.2. The fourth-order valence-electron chi connectivity index (χ4n) is 2.60. The van der Waals surface area contributed by atoms with Crippen LogP contribution in [-0.4, -0.2) is 31.3 Å². The van der Waals surface area contributed by atoms with Gasteiger partial charge in [0.2, 0.25) is 6.23 Å². The lowest BCUT2D eigenvalue weighted by Gasteiger charge is -2.15. The third-order valence-corrected chi connectivity index (χ3v) is 3.70. The molecule has 0 aromatic heterocycles. The molecule has 0 aliphatic carbocycles. The molecule has 3 rings (SSSR count). The lowest BCUT2D eigenvalue weighted by atomic mass is 10.1. The highest BCUT2D eigenvalue weighted by Gasteiger charge is 2.35. The number of carboxylic acid groups (broad SMARTS) is 1. The van der Waals surface area contributed by atoms with Crippen LogP contribution in [0.3, 0.4) is 0 Å². The number of hydrogen-bond acceptors (Lipinski definition) is 6. The van der Waals surface area contributed by atoms with E-state index < -0.39 is 18.2 Å². The predicted octanol–water partition coefficient (Wildman–Crippen LogP) is 2.68. The Balaban J connectivity index is 1.95. The number of nitrogens with one attached hydrogen (secondary N) is 1. The van der Waals surface area contributed by atoms with E-state index in [4.69, 9.17) is 19.3 Å². The molecule has 0 radical (unpaired) electrons. The molecule has 0 unspecified atom stereocenters. The molecule has 0 bridgehead atoms. The Bertz CT molecular complexity index is 817. The molecule has 0 amide bonds. The number of cyclic esters (lactones) is 1. The molecule has 0 saturated carbocycles. The zero-order chi connectivity index (χ0) is 17.3. The van der Waals surface area contributed by atoms with Crippen LogP contribution in [0, 0.1) is 0 Å². The number of esters is 1. The zero-order valence-corrected chi connectivity index (χ0v) is 13.0. The van der Waals surface area contributed by atoms with Crippen molar-refractivity contribution in [2.75, 3.05) is 19.5 Å². The van der Waals surface area contributed by atoms with E-state index in [-0.39, 0.29) is 5.56 Å². The van der Waals surface area contributed by atoms with Crippen molar-refractivity contribution in [2.45, 2.75) is 6.23 Å². The van der Waals surface area contributed by atoms with Crippen molar-refractivity contribution in [3.8, 4) is 11.5 Å². The Hall–Kier alpha value is -3.22. The second kappa shape index (κ2) is 6.11. The molecule has 0 saturated heterocycles. The number of hydrogen-bond donors (Lipinski definition) is 2. The van der Waals surface area contributed by atoms with Crippen molar-refractivity contribution in [3.05, 3.63) is 53.1 Å². The van der Waals surface area contributed by atoms with Crippen molar-refractivity contribution in [1.29, 1.82) is 0 Å². The largest absolute Gasteiger partial charge is 0.493 e. The van der Waals surface area contributed by atoms with Crippen LogP contribution in [0.4, 0.5) is 5.69 Å². The summed E-state index contributed by atoms with van der Waals surface area (Å²) in [5.74, 6) is -0.827. The van der Waals surface area contributed by atoms with E-state index in [1.807, 2.05) is 0 Å². The summed E-state index contributed by atoms with van der Waals surface area (Å²) in [6.45, 7) is 0. The van der Waals surface area contributed by atoms with E-state index in [0.717, 1.165) is 0 Å². The van der Waals surface area contributed by atoms with Gasteiger partial charge in [0, 0.05) is 11.3 Å². The number of carbonyl (C=O) groups excluding carboxylic acids is 1. The first kappa shape index (κ1) is 15.7. The average Bonchev–Trinajstić information content (AvgIpc) is 2.90. The molecular weight excluding hydrogens is 314 g/mol. The molecule has 2 aromatic carbocycles. The molecular formula is C17H15NO6. The SMILES string of the molecule is COc1ccc2c(c1OC)C(=O)O[C@@H]2Nc1cccc(C(=O)O)c1. The van der Waals surface area contributed by atoms with E-state index in [9.17, 15) is 9.59 Å².